The van der Waals surface area contributed by atoms with E-state index in [9.17, 15) is 39.3 Å². The molecule has 3 N–H and O–H groups in total. The van der Waals surface area contributed by atoms with Crippen LogP contribution < -0.4 is 0 Å². The van der Waals surface area contributed by atoms with Crippen molar-refractivity contribution < 1.29 is 58.2 Å². The predicted molar refractivity (Wildman–Crippen MR) is 248 cm³/mol. The van der Waals surface area contributed by atoms with Crippen LogP contribution in [0.5, 0.6) is 0 Å². The fourth-order valence-corrected chi connectivity index (χ4v) is 10.6. The first kappa shape index (κ1) is 54.4. The van der Waals surface area contributed by atoms with Gasteiger partial charge in [0.2, 0.25) is 5.79 Å². The number of aliphatic hydroxyl groups is 3. The Kier molecular flexibility index (Phi) is 21.2. The molecule has 366 valence electrons. The number of carbonyl (C=O) groups excluding carboxylic acids is 5. The lowest BCUT2D eigenvalue weighted by Crippen LogP contribution is -2.60. The normalized spacial score (nSPS) is 40.5. The zero-order chi connectivity index (χ0) is 48.2. The molecule has 1 unspecified atom stereocenters. The number of amides is 1. The maximum atomic E-state index is 14.6. The third-order valence-corrected chi connectivity index (χ3v) is 15.0. The molecule has 3 heterocycles. The minimum absolute atomic E-state index is 0.0118. The number of allylic oxidation sites excluding steroid dienone is 6. The lowest BCUT2D eigenvalue weighted by molar-refractivity contribution is -0.265. The summed E-state index contributed by atoms with van der Waals surface area (Å²) in [6.45, 7) is 13.1. The highest BCUT2D eigenvalue weighted by Gasteiger charge is 2.53. The summed E-state index contributed by atoms with van der Waals surface area (Å²) in [6.07, 6.45) is 13.2. The molecule has 0 aromatic carbocycles. The van der Waals surface area contributed by atoms with Crippen molar-refractivity contribution in [2.75, 3.05) is 27.9 Å². The standard InChI is InChI=1S/C52H81NO12/c1-31-16-12-11-13-17-32(2)45(62-8)30-40-21-19-37(7)52(61,65-40)50(59)51(60)53-23-15-14-18-41(53)44(56)29-39(33(3)26-38-20-22-42(54)46(27-38)63-9)28-43(55)34(4)25-36(6)48(58)49(64-10)47(57)35(5)24-31/h11-13,16-17,25,31,33-35,37-42,45-46,48-49,54,58,61H,14-15,18-24,26-30H2,1-10H3/b13-11+,16-12+,32-17+,36-25+/t31-,33-,34-,35-,37-,38+,39-,40+,41?,42-,45+,46-,48-,49+,52-/m1/s1. The first-order valence-electron chi connectivity index (χ1n) is 24.2. The fourth-order valence-electron chi connectivity index (χ4n) is 10.6. The second-order valence-electron chi connectivity index (χ2n) is 20.0. The molecule has 13 heteroatoms. The van der Waals surface area contributed by atoms with Crippen LogP contribution in [0.2, 0.25) is 0 Å². The Morgan fingerprint density at radius 2 is 1.52 bits per heavy atom. The quantitative estimate of drug-likeness (QED) is 0.186. The van der Waals surface area contributed by atoms with Crippen molar-refractivity contribution in [3.05, 3.63) is 47.6 Å². The van der Waals surface area contributed by atoms with E-state index in [0.717, 1.165) is 12.0 Å². The van der Waals surface area contributed by atoms with E-state index in [1.807, 2.05) is 58.1 Å². The molecule has 0 aromatic rings. The molecule has 2 saturated heterocycles. The van der Waals surface area contributed by atoms with Crippen molar-refractivity contribution in [3.63, 3.8) is 0 Å². The predicted octanol–water partition coefficient (Wildman–Crippen LogP) is 6.84. The summed E-state index contributed by atoms with van der Waals surface area (Å²) in [4.78, 5) is 72.3. The van der Waals surface area contributed by atoms with Crippen molar-refractivity contribution in [2.45, 2.75) is 180 Å². The van der Waals surface area contributed by atoms with Crippen molar-refractivity contribution in [2.24, 2.45) is 41.4 Å². The molecule has 0 spiro atoms. The topological polar surface area (TPSA) is 186 Å². The van der Waals surface area contributed by atoms with Crippen molar-refractivity contribution in [1.82, 2.24) is 4.90 Å². The Morgan fingerprint density at radius 3 is 2.20 bits per heavy atom. The zero-order valence-electron chi connectivity index (χ0n) is 40.9. The number of ketones is 4. The highest BCUT2D eigenvalue weighted by molar-refractivity contribution is 6.39. The number of aliphatic hydroxyl groups excluding tert-OH is 2. The van der Waals surface area contributed by atoms with Crippen LogP contribution in [0.25, 0.3) is 0 Å². The van der Waals surface area contributed by atoms with Crippen LogP contribution in [0.15, 0.2) is 47.6 Å². The number of piperidine rings is 1. The summed E-state index contributed by atoms with van der Waals surface area (Å²) in [5.74, 6) is -7.12. The summed E-state index contributed by atoms with van der Waals surface area (Å²) in [7, 11) is 4.57. The van der Waals surface area contributed by atoms with E-state index in [0.29, 0.717) is 69.8 Å². The Balaban J connectivity index is 1.70. The average molecular weight is 912 g/mol. The maximum absolute atomic E-state index is 14.6. The van der Waals surface area contributed by atoms with Crippen LogP contribution in [0.3, 0.4) is 0 Å². The monoisotopic (exact) mass is 912 g/mol. The number of methoxy groups -OCH3 is 3. The molecule has 15 atom stereocenters. The highest BCUT2D eigenvalue weighted by Crippen LogP contribution is 2.39. The van der Waals surface area contributed by atoms with Crippen LogP contribution in [0.1, 0.15) is 132 Å². The molecule has 2 bridgehead atoms. The van der Waals surface area contributed by atoms with Crippen LogP contribution >= 0.6 is 0 Å². The van der Waals surface area contributed by atoms with Gasteiger partial charge in [0.1, 0.15) is 18.0 Å². The molecular weight excluding hydrogens is 831 g/mol. The van der Waals surface area contributed by atoms with Crippen molar-refractivity contribution >= 4 is 29.0 Å². The van der Waals surface area contributed by atoms with Gasteiger partial charge < -0.3 is 39.2 Å². The van der Waals surface area contributed by atoms with Crippen molar-refractivity contribution in [3.8, 4) is 0 Å². The smallest absolute Gasteiger partial charge is 0.296 e. The Labute approximate surface area is 388 Å². The summed E-state index contributed by atoms with van der Waals surface area (Å²) >= 11 is 0. The largest absolute Gasteiger partial charge is 0.390 e. The first-order valence-corrected chi connectivity index (χ1v) is 24.2. The van der Waals surface area contributed by atoms with Gasteiger partial charge in [-0.15, -0.1) is 0 Å². The van der Waals surface area contributed by atoms with Gasteiger partial charge in [0, 0.05) is 64.9 Å². The number of hydrogen-bond donors (Lipinski definition) is 3. The van der Waals surface area contributed by atoms with E-state index >= 15 is 0 Å². The van der Waals surface area contributed by atoms with Crippen molar-refractivity contribution in [1.29, 1.82) is 0 Å². The Bertz CT molecular complexity index is 1750. The minimum Gasteiger partial charge on any atom is -0.390 e. The van der Waals surface area contributed by atoms with Gasteiger partial charge in [-0.3, -0.25) is 24.0 Å². The number of rotatable bonds is 6. The lowest BCUT2D eigenvalue weighted by Gasteiger charge is -2.43. The highest BCUT2D eigenvalue weighted by atomic mass is 16.6. The van der Waals surface area contributed by atoms with Crippen LogP contribution in [-0.2, 0) is 42.9 Å². The summed E-state index contributed by atoms with van der Waals surface area (Å²) < 4.78 is 23.2. The molecule has 0 aromatic heterocycles. The second kappa shape index (κ2) is 25.3. The van der Waals surface area contributed by atoms with E-state index in [2.05, 4.69) is 0 Å². The van der Waals surface area contributed by atoms with Crippen LogP contribution in [0, 0.1) is 41.4 Å². The third kappa shape index (κ3) is 14.4. The van der Waals surface area contributed by atoms with Gasteiger partial charge in [-0.2, -0.15) is 0 Å². The average Bonchev–Trinajstić information content (AvgIpc) is 3.28. The van der Waals surface area contributed by atoms with Gasteiger partial charge in [0.25, 0.3) is 11.7 Å². The zero-order valence-corrected chi connectivity index (χ0v) is 40.9. The van der Waals surface area contributed by atoms with Gasteiger partial charge in [0.15, 0.2) is 11.6 Å². The molecule has 1 saturated carbocycles. The summed E-state index contributed by atoms with van der Waals surface area (Å²) in [5, 5.41) is 33.9. The number of carbonyl (C=O) groups is 5. The molecule has 3 fully saturated rings. The molecule has 65 heavy (non-hydrogen) atoms. The molecule has 4 aliphatic rings. The van der Waals surface area contributed by atoms with Gasteiger partial charge in [-0.25, -0.2) is 0 Å². The second-order valence-corrected chi connectivity index (χ2v) is 20.0. The Morgan fingerprint density at radius 1 is 0.815 bits per heavy atom. The molecule has 1 aliphatic carbocycles. The molecule has 13 nitrogen and oxygen atoms in total. The molecular formula is C52H81NO12. The van der Waals surface area contributed by atoms with Crippen LogP contribution in [-0.4, -0.2) is 126 Å². The number of nitrogens with zero attached hydrogens (tertiary/aromatic N) is 1. The maximum Gasteiger partial charge on any atom is 0.296 e. The number of Topliss-reactive ketones (excluding diaryl/α,β-unsaturated/α-hetero) is 4. The van der Waals surface area contributed by atoms with Gasteiger partial charge in [-0.05, 0) is 113 Å². The van der Waals surface area contributed by atoms with E-state index in [4.69, 9.17) is 18.9 Å². The molecule has 0 radical (unpaired) electrons. The summed E-state index contributed by atoms with van der Waals surface area (Å²) in [6, 6.07) is -0.917. The molecule has 1 amide bonds. The van der Waals surface area contributed by atoms with Gasteiger partial charge >= 0.3 is 0 Å². The van der Waals surface area contributed by atoms with E-state index in [1.54, 1.807) is 41.1 Å². The Hall–Kier alpha value is -3.17. The van der Waals surface area contributed by atoms with E-state index in [-0.39, 0.29) is 60.6 Å². The molecule has 4 rings (SSSR count). The van der Waals surface area contributed by atoms with Gasteiger partial charge in [0.05, 0.1) is 30.5 Å². The van der Waals surface area contributed by atoms with E-state index < -0.39 is 77.7 Å². The van der Waals surface area contributed by atoms with E-state index in [1.165, 1.54) is 12.0 Å². The van der Waals surface area contributed by atoms with Crippen LogP contribution in [0.4, 0.5) is 0 Å². The lowest BCUT2D eigenvalue weighted by atomic mass is 9.74. The number of ether oxygens (including phenoxy) is 4. The number of hydrogen-bond acceptors (Lipinski definition) is 12. The fraction of sp³-hybridized carbons (Fsp3) is 0.750. The SMILES string of the molecule is CO[C@H]1C[C@@H]2CC[C@@H](C)[C@@](O)(O2)C(=O)C(=O)N2CCCCC2C(=O)C[C@H]([C@H](C)C[C@@H]2CC[C@@H](O)[C@H](OC)C2)CC(=O)[C@H](C)/C=C(\C)[C@@H](O)[C@@H](OC)C(=O)[C@H](C)C[C@H](C)/C=C/C=C/C=C/1C. The first-order chi connectivity index (χ1) is 30.7. The summed E-state index contributed by atoms with van der Waals surface area (Å²) in [5.41, 5.74) is 1.32. The van der Waals surface area contributed by atoms with Gasteiger partial charge in [-0.1, -0.05) is 71.1 Å². The molecule has 3 aliphatic heterocycles. The number of fused-ring (bicyclic) bond motifs is 3. The third-order valence-electron chi connectivity index (χ3n) is 15.0. The minimum atomic E-state index is -2.39.